The van der Waals surface area contributed by atoms with Crippen molar-refractivity contribution in [3.05, 3.63) is 83.9 Å². The van der Waals surface area contributed by atoms with Crippen LogP contribution in [0.1, 0.15) is 96.5 Å². The van der Waals surface area contributed by atoms with Gasteiger partial charge in [-0.2, -0.15) is 0 Å². The monoisotopic (exact) mass is 683 g/mol. The number of anilines is 1. The van der Waals surface area contributed by atoms with Crippen LogP contribution in [0.4, 0.5) is 5.69 Å². The molecule has 0 bridgehead atoms. The number of hydrogen-bond donors (Lipinski definition) is 1. The summed E-state index contributed by atoms with van der Waals surface area (Å²) in [5.41, 5.74) is 6.99. The minimum atomic E-state index is -2.56. The summed E-state index contributed by atoms with van der Waals surface area (Å²) in [4.78, 5) is 31.3. The zero-order valence-corrected chi connectivity index (χ0v) is 31.9. The summed E-state index contributed by atoms with van der Waals surface area (Å²) in [5.74, 6) is 1.04. The minimum Gasteiger partial charge on any atom is -0.476 e. The molecule has 0 aromatic heterocycles. The van der Waals surface area contributed by atoms with Crippen LogP contribution in [0, 0.1) is 12.8 Å². The van der Waals surface area contributed by atoms with Gasteiger partial charge in [-0.1, -0.05) is 81.4 Å². The molecule has 2 aliphatic rings. The van der Waals surface area contributed by atoms with E-state index in [1.54, 1.807) is 18.7 Å². The van der Waals surface area contributed by atoms with Gasteiger partial charge in [-0.25, -0.2) is 0 Å². The number of carbonyl (C=O) groups is 2. The van der Waals surface area contributed by atoms with E-state index in [1.807, 2.05) is 19.1 Å². The molecule has 3 aromatic rings. The highest BCUT2D eigenvalue weighted by molar-refractivity contribution is 6.99. The molecule has 1 aliphatic heterocycles. The lowest BCUT2D eigenvalue weighted by molar-refractivity contribution is -0.132. The fourth-order valence-electron chi connectivity index (χ4n) is 8.11. The van der Waals surface area contributed by atoms with Crippen LogP contribution in [-0.2, 0) is 9.22 Å². The maximum atomic E-state index is 14.3. The molecule has 264 valence electrons. The molecule has 1 heterocycles. The fourth-order valence-corrected chi connectivity index (χ4v) is 12.7. The average molecular weight is 684 g/mol. The first kappa shape index (κ1) is 36.8. The maximum absolute atomic E-state index is 14.3. The van der Waals surface area contributed by atoms with Crippen molar-refractivity contribution >= 4 is 36.2 Å². The molecular weight excluding hydrogens is 627 g/mol. The molecule has 2 N–H and O–H groups in total. The molecule has 0 saturated heterocycles. The number of rotatable bonds is 11. The molecule has 2 amide bonds. The summed E-state index contributed by atoms with van der Waals surface area (Å²) in [7, 11) is -2.56. The second-order valence-electron chi connectivity index (χ2n) is 15.8. The first-order valence-corrected chi connectivity index (χ1v) is 20.1. The predicted molar refractivity (Wildman–Crippen MR) is 203 cm³/mol. The number of amides is 2. The van der Waals surface area contributed by atoms with E-state index in [1.165, 1.54) is 10.4 Å². The Bertz CT molecular complexity index is 1550. The number of nitrogens with zero attached hydrogens (tertiary/aromatic N) is 2. The number of hydrogen-bond acceptors (Lipinski definition) is 5. The van der Waals surface area contributed by atoms with Crippen LogP contribution >= 0.6 is 0 Å². The van der Waals surface area contributed by atoms with E-state index < -0.39 is 13.9 Å². The van der Waals surface area contributed by atoms with Gasteiger partial charge >= 0.3 is 0 Å². The van der Waals surface area contributed by atoms with Gasteiger partial charge in [0, 0.05) is 37.3 Å². The van der Waals surface area contributed by atoms with Crippen molar-refractivity contribution in [3.63, 3.8) is 0 Å². The van der Waals surface area contributed by atoms with Gasteiger partial charge in [0.05, 0.1) is 5.69 Å². The number of aryl methyl sites for hydroxylation is 1. The Morgan fingerprint density at radius 2 is 1.57 bits per heavy atom. The first-order valence-electron chi connectivity index (χ1n) is 18.1. The number of benzene rings is 3. The molecule has 7 nitrogen and oxygen atoms in total. The Kier molecular flexibility index (Phi) is 11.1. The van der Waals surface area contributed by atoms with Gasteiger partial charge in [-0.3, -0.25) is 9.59 Å². The summed E-state index contributed by atoms with van der Waals surface area (Å²) < 4.78 is 13.3. The lowest BCUT2D eigenvalue weighted by Gasteiger charge is -2.43. The Balaban J connectivity index is 1.29. The van der Waals surface area contributed by atoms with E-state index in [9.17, 15) is 9.59 Å². The quantitative estimate of drug-likeness (QED) is 0.224. The van der Waals surface area contributed by atoms with Crippen LogP contribution < -0.4 is 25.7 Å². The molecule has 5 rings (SSSR count). The number of ether oxygens (including phenoxy) is 1. The summed E-state index contributed by atoms with van der Waals surface area (Å²) in [5, 5.41) is 2.58. The number of fused-ring (bicyclic) bond motifs is 1. The third kappa shape index (κ3) is 7.37. The summed E-state index contributed by atoms with van der Waals surface area (Å²) >= 11 is 0. The summed E-state index contributed by atoms with van der Waals surface area (Å²) in [6, 6.07) is 25.6. The topological polar surface area (TPSA) is 85.1 Å². The molecule has 0 atom stereocenters. The zero-order valence-electron chi connectivity index (χ0n) is 30.9. The van der Waals surface area contributed by atoms with Crippen molar-refractivity contribution in [2.45, 2.75) is 110 Å². The van der Waals surface area contributed by atoms with Crippen LogP contribution in [0.15, 0.2) is 72.8 Å². The lowest BCUT2D eigenvalue weighted by Crippen LogP contribution is -2.66. The molecule has 1 aliphatic carbocycles. The third-order valence-electron chi connectivity index (χ3n) is 10.6. The fraction of sp³-hybridized carbons (Fsp3) is 0.512. The Hall–Kier alpha value is -3.46. The van der Waals surface area contributed by atoms with Gasteiger partial charge in [-0.05, 0) is 106 Å². The van der Waals surface area contributed by atoms with Gasteiger partial charge in [-0.15, -0.1) is 0 Å². The van der Waals surface area contributed by atoms with Crippen LogP contribution in [0.5, 0.6) is 5.75 Å². The van der Waals surface area contributed by atoms with Crippen molar-refractivity contribution in [1.29, 1.82) is 0 Å². The lowest BCUT2D eigenvalue weighted by atomic mass is 9.83. The van der Waals surface area contributed by atoms with Crippen molar-refractivity contribution in [3.8, 4) is 5.75 Å². The van der Waals surface area contributed by atoms with E-state index in [0.29, 0.717) is 36.0 Å². The van der Waals surface area contributed by atoms with E-state index in [4.69, 9.17) is 14.9 Å². The maximum Gasteiger partial charge on any atom is 0.270 e. The van der Waals surface area contributed by atoms with Crippen LogP contribution in [0.3, 0.4) is 0 Å². The summed E-state index contributed by atoms with van der Waals surface area (Å²) in [6.45, 7) is 18.1. The van der Waals surface area contributed by atoms with Crippen molar-refractivity contribution in [1.82, 2.24) is 4.90 Å². The predicted octanol–water partition coefficient (Wildman–Crippen LogP) is 6.83. The Morgan fingerprint density at radius 1 is 1.00 bits per heavy atom. The molecular formula is C41H57N3O4Si. The smallest absolute Gasteiger partial charge is 0.270 e. The second-order valence-corrected chi connectivity index (χ2v) is 20.1. The minimum absolute atomic E-state index is 0.0127. The van der Waals surface area contributed by atoms with Crippen molar-refractivity contribution in [2.24, 2.45) is 11.7 Å². The number of nitrogens with two attached hydrogens (primary N) is 1. The highest BCUT2D eigenvalue weighted by atomic mass is 28.4. The van der Waals surface area contributed by atoms with E-state index in [2.05, 4.69) is 100 Å². The van der Waals surface area contributed by atoms with E-state index in [0.717, 1.165) is 44.3 Å². The molecule has 0 radical (unpaired) electrons. The Morgan fingerprint density at radius 3 is 2.08 bits per heavy atom. The molecule has 3 aromatic carbocycles. The zero-order chi connectivity index (χ0) is 35.6. The molecule has 0 unspecified atom stereocenters. The Labute approximate surface area is 295 Å². The van der Waals surface area contributed by atoms with Crippen molar-refractivity contribution in [2.75, 3.05) is 24.6 Å². The van der Waals surface area contributed by atoms with Crippen LogP contribution in [0.2, 0.25) is 5.04 Å². The SMILES string of the molecule is Cc1cc2c(cc1C(=O)N(C(C)C)[C@H]1CC[C@@H](CCO[Si](c3ccccc3)(c3ccccc3)C(C)(C)C)CC1)N(CCN)C(=O)C(C)(C)O2. The van der Waals surface area contributed by atoms with E-state index in [-0.39, 0.29) is 28.9 Å². The van der Waals surface area contributed by atoms with Crippen LogP contribution in [0.25, 0.3) is 0 Å². The molecule has 8 heteroatoms. The van der Waals surface area contributed by atoms with Gasteiger partial charge in [0.1, 0.15) is 5.75 Å². The highest BCUT2D eigenvalue weighted by Gasteiger charge is 2.50. The van der Waals surface area contributed by atoms with Gasteiger partial charge in [0.15, 0.2) is 5.60 Å². The van der Waals surface area contributed by atoms with Crippen molar-refractivity contribution < 1.29 is 18.8 Å². The second kappa shape index (κ2) is 14.8. The first-order chi connectivity index (χ1) is 23.2. The highest BCUT2D eigenvalue weighted by Crippen LogP contribution is 2.41. The third-order valence-corrected chi connectivity index (χ3v) is 15.6. The largest absolute Gasteiger partial charge is 0.476 e. The standard InChI is InChI=1S/C41H57N3O4Si/c1-29(2)44(38(45)35-28-36-37(27-30(35)3)48-41(7,8)39(46)43(36)25-24-42)32-21-19-31(20-22-32)23-26-47-49(40(4,5)6,33-15-11-9-12-16-33)34-17-13-10-14-18-34/h9-18,27-29,31-32H,19-26,42H2,1-8H3/t31-,32+. The van der Waals surface area contributed by atoms with Gasteiger partial charge in [0.25, 0.3) is 20.1 Å². The molecule has 1 saturated carbocycles. The van der Waals surface area contributed by atoms with Gasteiger partial charge in [0.2, 0.25) is 0 Å². The summed E-state index contributed by atoms with van der Waals surface area (Å²) in [6.07, 6.45) is 5.07. The van der Waals surface area contributed by atoms with Crippen LogP contribution in [-0.4, -0.2) is 62.4 Å². The normalized spacial score (nSPS) is 19.4. The van der Waals surface area contributed by atoms with E-state index >= 15 is 0 Å². The molecule has 1 fully saturated rings. The average Bonchev–Trinajstić information content (AvgIpc) is 3.06. The molecule has 0 spiro atoms. The van der Waals surface area contributed by atoms with Gasteiger partial charge < -0.3 is 24.7 Å². The molecule has 49 heavy (non-hydrogen) atoms. The number of carbonyl (C=O) groups excluding carboxylic acids is 2.